The van der Waals surface area contributed by atoms with Crippen LogP contribution in [0, 0.1) is 5.92 Å². The van der Waals surface area contributed by atoms with E-state index in [4.69, 9.17) is 0 Å². The molecule has 1 aliphatic carbocycles. The highest BCUT2D eigenvalue weighted by Gasteiger charge is 2.42. The quantitative estimate of drug-likeness (QED) is 0.679. The molecule has 0 bridgehead atoms. The molecule has 0 radical (unpaired) electrons. The lowest BCUT2D eigenvalue weighted by molar-refractivity contribution is -0.146. The van der Waals surface area contributed by atoms with Gasteiger partial charge in [0.1, 0.15) is 11.4 Å². The normalized spacial score (nSPS) is 26.9. The third-order valence-corrected chi connectivity index (χ3v) is 4.17. The summed E-state index contributed by atoms with van der Waals surface area (Å²) in [6.45, 7) is 3.89. The summed E-state index contributed by atoms with van der Waals surface area (Å²) in [5, 5.41) is 14.8. The van der Waals surface area contributed by atoms with Gasteiger partial charge in [0.2, 0.25) is 0 Å². The minimum atomic E-state index is -1.15. The highest BCUT2D eigenvalue weighted by molar-refractivity contribution is 5.86. The van der Waals surface area contributed by atoms with Gasteiger partial charge in [-0.3, -0.25) is 0 Å². The number of hydrogen-bond acceptors (Lipinski definition) is 3. The van der Waals surface area contributed by atoms with Crippen molar-refractivity contribution in [3.8, 4) is 0 Å². The summed E-state index contributed by atoms with van der Waals surface area (Å²) in [4.78, 5) is 30.6. The van der Waals surface area contributed by atoms with Gasteiger partial charge in [-0.2, -0.15) is 0 Å². The minimum absolute atomic E-state index is 0.312. The number of aromatic nitrogens is 2. The van der Waals surface area contributed by atoms with Crippen molar-refractivity contribution < 1.29 is 14.7 Å². The molecular weight excluding hydrogens is 272 g/mol. The number of carbonyl (C=O) groups is 2. The van der Waals surface area contributed by atoms with Crippen LogP contribution in [0.15, 0.2) is 12.4 Å². The minimum Gasteiger partial charge on any atom is -0.480 e. The van der Waals surface area contributed by atoms with Gasteiger partial charge in [0.15, 0.2) is 0 Å². The fraction of sp³-hybridized carbons (Fsp3) is 0.643. The first-order chi connectivity index (χ1) is 9.93. The highest BCUT2D eigenvalue weighted by Crippen LogP contribution is 2.32. The Morgan fingerprint density at radius 2 is 2.14 bits per heavy atom. The largest absolute Gasteiger partial charge is 0.480 e. The Bertz CT molecular complexity index is 492. The zero-order valence-electron chi connectivity index (χ0n) is 12.3. The van der Waals surface area contributed by atoms with Gasteiger partial charge in [0, 0.05) is 12.4 Å². The summed E-state index contributed by atoms with van der Waals surface area (Å²) in [6.07, 6.45) is 5.82. The fourth-order valence-electron chi connectivity index (χ4n) is 2.68. The third kappa shape index (κ3) is 3.53. The van der Waals surface area contributed by atoms with Crippen molar-refractivity contribution in [2.45, 2.75) is 51.1 Å². The second-order valence-electron chi connectivity index (χ2n) is 5.86. The standard InChI is InChI=1S/C14H22N4O3/c1-9-3-5-14(6-4-9,12(19)20)18-13(21)17-10(2)11-15-7-8-16-11/h7-10H,3-6H2,1-2H3,(H,15,16)(H,19,20)(H2,17,18,21). The number of nitrogens with zero attached hydrogens (tertiary/aromatic N) is 1. The summed E-state index contributed by atoms with van der Waals surface area (Å²) < 4.78 is 0. The van der Waals surface area contributed by atoms with E-state index >= 15 is 0 Å². The fourth-order valence-corrected chi connectivity index (χ4v) is 2.68. The lowest BCUT2D eigenvalue weighted by atomic mass is 9.77. The number of carboxylic acid groups (broad SMARTS) is 1. The maximum absolute atomic E-state index is 12.1. The Morgan fingerprint density at radius 1 is 1.48 bits per heavy atom. The highest BCUT2D eigenvalue weighted by atomic mass is 16.4. The number of urea groups is 1. The van der Waals surface area contributed by atoms with Gasteiger partial charge in [-0.15, -0.1) is 0 Å². The average Bonchev–Trinajstić information content (AvgIpc) is 2.95. The van der Waals surface area contributed by atoms with Gasteiger partial charge < -0.3 is 20.7 Å². The van der Waals surface area contributed by atoms with Crippen LogP contribution in [-0.2, 0) is 4.79 Å². The number of hydrogen-bond donors (Lipinski definition) is 4. The molecule has 1 atom stereocenters. The molecule has 1 unspecified atom stereocenters. The molecular formula is C14H22N4O3. The van der Waals surface area contributed by atoms with E-state index in [9.17, 15) is 14.7 Å². The second kappa shape index (κ2) is 6.15. The van der Waals surface area contributed by atoms with Gasteiger partial charge in [0.05, 0.1) is 6.04 Å². The number of aromatic amines is 1. The molecule has 7 nitrogen and oxygen atoms in total. The topological polar surface area (TPSA) is 107 Å². The van der Waals surface area contributed by atoms with Crippen molar-refractivity contribution in [2.24, 2.45) is 5.92 Å². The molecule has 1 saturated carbocycles. The molecule has 0 aromatic carbocycles. The zero-order valence-corrected chi connectivity index (χ0v) is 12.3. The molecule has 1 heterocycles. The van der Waals surface area contributed by atoms with E-state index in [1.54, 1.807) is 19.3 Å². The molecule has 21 heavy (non-hydrogen) atoms. The van der Waals surface area contributed by atoms with Crippen molar-refractivity contribution in [3.05, 3.63) is 18.2 Å². The summed E-state index contributed by atoms with van der Waals surface area (Å²) in [5.41, 5.74) is -1.15. The van der Waals surface area contributed by atoms with Gasteiger partial charge in [0.25, 0.3) is 0 Å². The average molecular weight is 294 g/mol. The molecule has 4 N–H and O–H groups in total. The first-order valence-corrected chi connectivity index (χ1v) is 7.24. The van der Waals surface area contributed by atoms with Crippen LogP contribution >= 0.6 is 0 Å². The van der Waals surface area contributed by atoms with Crippen molar-refractivity contribution in [1.82, 2.24) is 20.6 Å². The molecule has 0 aliphatic heterocycles. The van der Waals surface area contributed by atoms with E-state index in [0.29, 0.717) is 24.6 Å². The van der Waals surface area contributed by atoms with Crippen LogP contribution in [0.25, 0.3) is 0 Å². The van der Waals surface area contributed by atoms with Crippen LogP contribution in [0.2, 0.25) is 0 Å². The molecule has 116 valence electrons. The van der Waals surface area contributed by atoms with Crippen LogP contribution in [0.5, 0.6) is 0 Å². The molecule has 1 fully saturated rings. The van der Waals surface area contributed by atoms with Crippen molar-refractivity contribution >= 4 is 12.0 Å². The van der Waals surface area contributed by atoms with E-state index in [0.717, 1.165) is 12.8 Å². The molecule has 1 aromatic rings. The van der Waals surface area contributed by atoms with Crippen LogP contribution in [-0.4, -0.2) is 32.6 Å². The summed E-state index contributed by atoms with van der Waals surface area (Å²) in [7, 11) is 0. The number of amides is 2. The lowest BCUT2D eigenvalue weighted by Crippen LogP contribution is -2.58. The van der Waals surface area contributed by atoms with E-state index in [2.05, 4.69) is 27.5 Å². The molecule has 1 aromatic heterocycles. The first kappa shape index (κ1) is 15.3. The number of nitrogens with one attached hydrogen (secondary N) is 3. The van der Waals surface area contributed by atoms with E-state index in [1.165, 1.54) is 0 Å². The van der Waals surface area contributed by atoms with Crippen molar-refractivity contribution in [3.63, 3.8) is 0 Å². The van der Waals surface area contributed by atoms with Gasteiger partial charge in [-0.05, 0) is 38.5 Å². The Kier molecular flexibility index (Phi) is 4.50. The molecule has 0 saturated heterocycles. The Balaban J connectivity index is 1.97. The molecule has 2 amide bonds. The molecule has 1 aliphatic rings. The van der Waals surface area contributed by atoms with Crippen molar-refractivity contribution in [2.75, 3.05) is 0 Å². The van der Waals surface area contributed by atoms with E-state index < -0.39 is 17.5 Å². The van der Waals surface area contributed by atoms with E-state index in [-0.39, 0.29) is 6.04 Å². The van der Waals surface area contributed by atoms with Gasteiger partial charge >= 0.3 is 12.0 Å². The van der Waals surface area contributed by atoms with Gasteiger partial charge in [-0.25, -0.2) is 14.6 Å². The number of rotatable bonds is 4. The Labute approximate surface area is 123 Å². The second-order valence-corrected chi connectivity index (χ2v) is 5.86. The predicted molar refractivity (Wildman–Crippen MR) is 76.7 cm³/mol. The maximum Gasteiger partial charge on any atom is 0.329 e. The van der Waals surface area contributed by atoms with Crippen LogP contribution < -0.4 is 10.6 Å². The van der Waals surface area contributed by atoms with Crippen LogP contribution in [0.4, 0.5) is 4.79 Å². The maximum atomic E-state index is 12.1. The third-order valence-electron chi connectivity index (χ3n) is 4.17. The molecule has 0 spiro atoms. The number of H-pyrrole nitrogens is 1. The molecule has 2 rings (SSSR count). The van der Waals surface area contributed by atoms with Gasteiger partial charge in [-0.1, -0.05) is 6.92 Å². The number of carbonyl (C=O) groups excluding carboxylic acids is 1. The monoisotopic (exact) mass is 294 g/mol. The summed E-state index contributed by atoms with van der Waals surface area (Å²) in [6, 6.07) is -0.788. The summed E-state index contributed by atoms with van der Waals surface area (Å²) in [5.74, 6) is 0.173. The Morgan fingerprint density at radius 3 is 2.67 bits per heavy atom. The Hall–Kier alpha value is -2.05. The predicted octanol–water partition coefficient (Wildman–Crippen LogP) is 1.80. The van der Waals surface area contributed by atoms with Crippen LogP contribution in [0.3, 0.4) is 0 Å². The zero-order chi connectivity index (χ0) is 15.5. The number of carboxylic acids is 1. The summed E-state index contributed by atoms with van der Waals surface area (Å²) >= 11 is 0. The van der Waals surface area contributed by atoms with E-state index in [1.807, 2.05) is 0 Å². The lowest BCUT2D eigenvalue weighted by Gasteiger charge is -2.36. The first-order valence-electron chi connectivity index (χ1n) is 7.24. The number of imidazole rings is 1. The number of aliphatic carboxylic acids is 1. The molecule has 7 heteroatoms. The van der Waals surface area contributed by atoms with Crippen molar-refractivity contribution in [1.29, 1.82) is 0 Å². The smallest absolute Gasteiger partial charge is 0.329 e. The SMILES string of the molecule is CC1CCC(NC(=O)NC(C)c2ncc[nH]2)(C(=O)O)CC1. The van der Waals surface area contributed by atoms with Crippen LogP contribution in [0.1, 0.15) is 51.4 Å².